The number of benzene rings is 1. The molecule has 0 spiro atoms. The molecule has 1 aromatic carbocycles. The fourth-order valence-electron chi connectivity index (χ4n) is 3.17. The molecule has 0 fully saturated rings. The zero-order valence-electron chi connectivity index (χ0n) is 16.9. The molecular weight excluding hydrogens is 418 g/mol. The number of carbonyl (C=O) groups excluding carboxylic acids is 1. The fraction of sp³-hybridized carbons (Fsp3) is 0.238. The van der Waals surface area contributed by atoms with Crippen molar-refractivity contribution in [3.63, 3.8) is 0 Å². The number of nitrogens with one attached hydrogen (secondary N) is 1. The Morgan fingerprint density at radius 2 is 2.13 bits per heavy atom. The first-order chi connectivity index (χ1) is 14.9. The van der Waals surface area contributed by atoms with E-state index in [0.29, 0.717) is 22.3 Å². The first-order valence-corrected chi connectivity index (χ1v) is 10.5. The van der Waals surface area contributed by atoms with Crippen molar-refractivity contribution in [1.82, 2.24) is 5.01 Å². The summed E-state index contributed by atoms with van der Waals surface area (Å²) in [6.45, 7) is 3.92. The number of non-ortho nitro benzene ring substituents is 1. The van der Waals surface area contributed by atoms with E-state index in [0.717, 1.165) is 29.9 Å². The second kappa shape index (κ2) is 8.31. The maximum atomic E-state index is 12.5. The molecule has 10 heteroatoms. The number of unbranched alkanes of at least 4 members (excludes halogenated alkanes) is 1. The number of nitrogens with zero attached hydrogens (tertiary/aromatic N) is 4. The minimum atomic E-state index is -0.528. The van der Waals surface area contributed by atoms with E-state index < -0.39 is 10.8 Å². The zero-order valence-corrected chi connectivity index (χ0v) is 17.7. The van der Waals surface area contributed by atoms with Gasteiger partial charge < -0.3 is 4.42 Å². The molecule has 0 unspecified atom stereocenters. The van der Waals surface area contributed by atoms with Gasteiger partial charge in [-0.1, -0.05) is 19.4 Å². The molecule has 2 aliphatic rings. The normalized spacial score (nSPS) is 17.1. The Morgan fingerprint density at radius 1 is 1.32 bits per heavy atom. The SMILES string of the molecule is CCCCC1=NN2C(=N)/C(=C\c3ccc(-c4cc([N+](=O)[O-])ccc4C)o3)C(=O)N=C2S1. The molecule has 2 aliphatic heterocycles. The van der Waals surface area contributed by atoms with E-state index in [2.05, 4.69) is 17.0 Å². The number of hydrazone groups is 1. The Labute approximate surface area is 182 Å². The number of amidine groups is 2. The molecule has 0 saturated carbocycles. The molecule has 1 N–H and O–H groups in total. The first-order valence-electron chi connectivity index (χ1n) is 9.71. The number of furan rings is 1. The fourth-order valence-corrected chi connectivity index (χ4v) is 4.09. The maximum Gasteiger partial charge on any atom is 0.283 e. The average molecular weight is 437 g/mol. The topological polar surface area (TPSA) is 125 Å². The van der Waals surface area contributed by atoms with Crippen LogP contribution in [0.1, 0.15) is 37.5 Å². The van der Waals surface area contributed by atoms with E-state index in [9.17, 15) is 14.9 Å². The van der Waals surface area contributed by atoms with Gasteiger partial charge in [0.25, 0.3) is 11.6 Å². The van der Waals surface area contributed by atoms with Gasteiger partial charge in [-0.25, -0.2) is 0 Å². The van der Waals surface area contributed by atoms with Crippen LogP contribution in [0.4, 0.5) is 5.69 Å². The number of amides is 1. The number of rotatable bonds is 6. The summed E-state index contributed by atoms with van der Waals surface area (Å²) in [6.07, 6.45) is 4.23. The summed E-state index contributed by atoms with van der Waals surface area (Å²) in [7, 11) is 0. The molecular formula is C21H19N5O4S. The van der Waals surface area contributed by atoms with E-state index in [-0.39, 0.29) is 17.1 Å². The van der Waals surface area contributed by atoms with Crippen molar-refractivity contribution in [2.45, 2.75) is 33.1 Å². The van der Waals surface area contributed by atoms with Crippen LogP contribution in [0.2, 0.25) is 0 Å². The number of hydrogen-bond acceptors (Lipinski definition) is 7. The second-order valence-corrected chi connectivity index (χ2v) is 8.12. The monoisotopic (exact) mass is 437 g/mol. The summed E-state index contributed by atoms with van der Waals surface area (Å²) >= 11 is 1.32. The Bertz CT molecular complexity index is 1190. The van der Waals surface area contributed by atoms with Crippen LogP contribution in [0.15, 0.2) is 50.4 Å². The lowest BCUT2D eigenvalue weighted by atomic mass is 10.1. The van der Waals surface area contributed by atoms with Gasteiger partial charge in [-0.3, -0.25) is 20.3 Å². The molecule has 1 amide bonds. The van der Waals surface area contributed by atoms with E-state index >= 15 is 0 Å². The Balaban J connectivity index is 1.62. The van der Waals surface area contributed by atoms with Gasteiger partial charge >= 0.3 is 0 Å². The molecule has 4 rings (SSSR count). The summed E-state index contributed by atoms with van der Waals surface area (Å²) in [5.74, 6) is 0.192. The highest BCUT2D eigenvalue weighted by Gasteiger charge is 2.35. The van der Waals surface area contributed by atoms with Crippen LogP contribution in [-0.4, -0.2) is 31.9 Å². The van der Waals surface area contributed by atoms with Crippen LogP contribution in [-0.2, 0) is 4.79 Å². The van der Waals surface area contributed by atoms with Crippen LogP contribution in [0.25, 0.3) is 17.4 Å². The maximum absolute atomic E-state index is 12.5. The average Bonchev–Trinajstić information content (AvgIpc) is 3.36. The molecule has 9 nitrogen and oxygen atoms in total. The number of hydrogen-bond donors (Lipinski definition) is 1. The third kappa shape index (κ3) is 4.06. The highest BCUT2D eigenvalue weighted by molar-refractivity contribution is 8.26. The summed E-state index contributed by atoms with van der Waals surface area (Å²) in [6, 6.07) is 7.87. The van der Waals surface area contributed by atoms with Gasteiger partial charge in [0.05, 0.1) is 10.5 Å². The number of nitro groups is 1. The number of aliphatic imine (C=N–C) groups is 1. The van der Waals surface area contributed by atoms with Gasteiger partial charge in [0.2, 0.25) is 5.17 Å². The largest absolute Gasteiger partial charge is 0.457 e. The lowest BCUT2D eigenvalue weighted by Gasteiger charge is -2.19. The zero-order chi connectivity index (χ0) is 22.1. The van der Waals surface area contributed by atoms with Crippen LogP contribution in [0.3, 0.4) is 0 Å². The predicted octanol–water partition coefficient (Wildman–Crippen LogP) is 4.97. The highest BCUT2D eigenvalue weighted by atomic mass is 32.2. The number of nitro benzene ring substituents is 1. The van der Waals surface area contributed by atoms with Gasteiger partial charge in [-0.2, -0.15) is 15.1 Å². The van der Waals surface area contributed by atoms with Crippen molar-refractivity contribution in [1.29, 1.82) is 5.41 Å². The van der Waals surface area contributed by atoms with Crippen molar-refractivity contribution in [3.05, 3.63) is 57.3 Å². The van der Waals surface area contributed by atoms with Crippen molar-refractivity contribution in [2.75, 3.05) is 0 Å². The first kappa shape index (κ1) is 20.7. The van der Waals surface area contributed by atoms with Gasteiger partial charge in [-0.05, 0) is 55.3 Å². The quantitative estimate of drug-likeness (QED) is 0.386. The van der Waals surface area contributed by atoms with Crippen LogP contribution in [0, 0.1) is 22.4 Å². The lowest BCUT2D eigenvalue weighted by Crippen LogP contribution is -2.35. The summed E-state index contributed by atoms with van der Waals surface area (Å²) in [5, 5.41) is 26.5. The molecule has 0 saturated heterocycles. The lowest BCUT2D eigenvalue weighted by molar-refractivity contribution is -0.384. The molecule has 0 radical (unpaired) electrons. The van der Waals surface area contributed by atoms with Crippen molar-refractivity contribution < 1.29 is 14.1 Å². The van der Waals surface area contributed by atoms with E-state index in [1.165, 1.54) is 35.0 Å². The Hall–Kier alpha value is -3.53. The van der Waals surface area contributed by atoms with Crippen molar-refractivity contribution >= 4 is 45.5 Å². The van der Waals surface area contributed by atoms with Crippen molar-refractivity contribution in [2.24, 2.45) is 10.1 Å². The van der Waals surface area contributed by atoms with Gasteiger partial charge in [0.1, 0.15) is 16.6 Å². The summed E-state index contributed by atoms with van der Waals surface area (Å²) in [5.41, 5.74) is 1.44. The van der Waals surface area contributed by atoms with Crippen LogP contribution >= 0.6 is 11.8 Å². The second-order valence-electron chi connectivity index (χ2n) is 7.08. The minimum absolute atomic E-state index is 0.0359. The third-order valence-electron chi connectivity index (χ3n) is 4.85. The Kier molecular flexibility index (Phi) is 5.55. The predicted molar refractivity (Wildman–Crippen MR) is 120 cm³/mol. The minimum Gasteiger partial charge on any atom is -0.457 e. The van der Waals surface area contributed by atoms with Crippen LogP contribution in [0.5, 0.6) is 0 Å². The number of aryl methyl sites for hydroxylation is 1. The molecule has 31 heavy (non-hydrogen) atoms. The molecule has 1 aromatic heterocycles. The molecule has 3 heterocycles. The molecule has 0 atom stereocenters. The van der Waals surface area contributed by atoms with E-state index in [4.69, 9.17) is 9.83 Å². The van der Waals surface area contributed by atoms with Gasteiger partial charge in [-0.15, -0.1) is 0 Å². The smallest absolute Gasteiger partial charge is 0.283 e. The highest BCUT2D eigenvalue weighted by Crippen LogP contribution is 2.32. The van der Waals surface area contributed by atoms with E-state index in [1.807, 2.05) is 6.92 Å². The van der Waals surface area contributed by atoms with Crippen LogP contribution < -0.4 is 0 Å². The standard InChI is InChI=1S/C21H19N5O4S/c1-3-4-5-18-24-25-19(22)16(20(27)23-21(25)31-18)11-14-8-9-17(30-14)15-10-13(26(28)29)7-6-12(15)2/h6-11,22H,3-5H2,1-2H3/b16-11+,22-19?. The number of carbonyl (C=O) groups is 1. The Morgan fingerprint density at radius 3 is 2.87 bits per heavy atom. The third-order valence-corrected chi connectivity index (χ3v) is 5.82. The molecule has 0 bridgehead atoms. The number of thioether (sulfide) groups is 1. The molecule has 0 aliphatic carbocycles. The van der Waals surface area contributed by atoms with Gasteiger partial charge in [0.15, 0.2) is 5.84 Å². The summed E-state index contributed by atoms with van der Waals surface area (Å²) in [4.78, 5) is 27.2. The van der Waals surface area contributed by atoms with Gasteiger partial charge in [0, 0.05) is 17.7 Å². The number of fused-ring (bicyclic) bond motifs is 1. The summed E-state index contributed by atoms with van der Waals surface area (Å²) < 4.78 is 5.81. The molecule has 2 aromatic rings. The van der Waals surface area contributed by atoms with Crippen molar-refractivity contribution in [3.8, 4) is 11.3 Å². The molecule has 158 valence electrons. The van der Waals surface area contributed by atoms with E-state index in [1.54, 1.807) is 18.2 Å².